The van der Waals surface area contributed by atoms with Crippen LogP contribution in [0.2, 0.25) is 5.02 Å². The molecular formula is C15H19ClN2O. The van der Waals surface area contributed by atoms with E-state index in [1.807, 2.05) is 31.3 Å². The van der Waals surface area contributed by atoms with E-state index in [2.05, 4.69) is 23.2 Å². The van der Waals surface area contributed by atoms with E-state index in [1.54, 1.807) is 6.26 Å². The third-order valence-corrected chi connectivity index (χ3v) is 3.30. The molecule has 1 heterocycles. The molecule has 0 radical (unpaired) electrons. The van der Waals surface area contributed by atoms with Gasteiger partial charge in [-0.15, -0.1) is 0 Å². The number of hydrogen-bond donors (Lipinski definition) is 1. The van der Waals surface area contributed by atoms with E-state index in [0.717, 1.165) is 29.6 Å². The Kier molecular flexibility index (Phi) is 4.88. The van der Waals surface area contributed by atoms with Gasteiger partial charge in [0.05, 0.1) is 23.5 Å². The van der Waals surface area contributed by atoms with Gasteiger partial charge in [-0.3, -0.25) is 0 Å². The molecule has 0 unspecified atom stereocenters. The van der Waals surface area contributed by atoms with Crippen LogP contribution in [-0.4, -0.2) is 13.6 Å². The van der Waals surface area contributed by atoms with Crippen molar-refractivity contribution in [3.63, 3.8) is 0 Å². The van der Waals surface area contributed by atoms with Gasteiger partial charge in [0, 0.05) is 13.6 Å². The molecule has 0 saturated heterocycles. The van der Waals surface area contributed by atoms with Crippen LogP contribution in [0.1, 0.15) is 18.2 Å². The number of anilines is 1. The number of hydrogen-bond acceptors (Lipinski definition) is 3. The van der Waals surface area contributed by atoms with Crippen molar-refractivity contribution < 1.29 is 4.42 Å². The highest BCUT2D eigenvalue weighted by Gasteiger charge is 2.12. The second-order valence-electron chi connectivity index (χ2n) is 4.46. The summed E-state index contributed by atoms with van der Waals surface area (Å²) in [7, 11) is 2.03. The van der Waals surface area contributed by atoms with Gasteiger partial charge >= 0.3 is 0 Å². The first-order valence-corrected chi connectivity index (χ1v) is 6.81. The molecule has 1 aromatic heterocycles. The van der Waals surface area contributed by atoms with E-state index in [0.29, 0.717) is 6.54 Å². The lowest BCUT2D eigenvalue weighted by Gasteiger charge is -2.23. The quantitative estimate of drug-likeness (QED) is 0.874. The molecule has 0 aliphatic rings. The van der Waals surface area contributed by atoms with Crippen LogP contribution in [0, 0.1) is 0 Å². The number of nitrogens with one attached hydrogen (secondary N) is 1. The van der Waals surface area contributed by atoms with Gasteiger partial charge in [0.15, 0.2) is 0 Å². The molecule has 0 bridgehead atoms. The number of furan rings is 1. The van der Waals surface area contributed by atoms with E-state index in [9.17, 15) is 0 Å². The molecule has 102 valence electrons. The molecule has 19 heavy (non-hydrogen) atoms. The fourth-order valence-corrected chi connectivity index (χ4v) is 2.44. The van der Waals surface area contributed by atoms with Crippen LogP contribution in [-0.2, 0) is 13.1 Å². The lowest BCUT2D eigenvalue weighted by atomic mass is 10.1. The molecule has 0 aliphatic heterocycles. The lowest BCUT2D eigenvalue weighted by Crippen LogP contribution is -2.20. The summed E-state index contributed by atoms with van der Waals surface area (Å²) in [6.07, 6.45) is 1.69. The van der Waals surface area contributed by atoms with Crippen LogP contribution in [0.4, 0.5) is 5.69 Å². The molecule has 0 saturated carbocycles. The SMILES string of the molecule is CCNCc1cccc(Cl)c1N(C)Cc1ccco1. The molecule has 1 N–H and O–H groups in total. The van der Waals surface area contributed by atoms with Gasteiger partial charge in [0.1, 0.15) is 5.76 Å². The molecule has 3 nitrogen and oxygen atoms in total. The number of rotatable bonds is 6. The maximum atomic E-state index is 6.34. The van der Waals surface area contributed by atoms with Gasteiger partial charge in [0.25, 0.3) is 0 Å². The molecule has 0 aliphatic carbocycles. The molecule has 1 aromatic carbocycles. The van der Waals surface area contributed by atoms with Crippen molar-refractivity contribution in [1.82, 2.24) is 5.32 Å². The molecule has 4 heteroatoms. The Hall–Kier alpha value is -1.45. The van der Waals surface area contributed by atoms with Crippen LogP contribution in [0.15, 0.2) is 41.0 Å². The van der Waals surface area contributed by atoms with E-state index in [4.69, 9.17) is 16.0 Å². The zero-order chi connectivity index (χ0) is 13.7. The summed E-state index contributed by atoms with van der Waals surface area (Å²) in [4.78, 5) is 2.12. The van der Waals surface area contributed by atoms with E-state index >= 15 is 0 Å². The zero-order valence-corrected chi connectivity index (χ0v) is 12.1. The average Bonchev–Trinajstić information content (AvgIpc) is 2.89. The standard InChI is InChI=1S/C15H19ClN2O/c1-3-17-10-12-6-4-8-14(16)15(12)18(2)11-13-7-5-9-19-13/h4-9,17H,3,10-11H2,1-2H3. The maximum absolute atomic E-state index is 6.34. The van der Waals surface area contributed by atoms with Crippen molar-refractivity contribution in [3.8, 4) is 0 Å². The Labute approximate surface area is 119 Å². The minimum atomic E-state index is 0.704. The van der Waals surface area contributed by atoms with E-state index in [-0.39, 0.29) is 0 Å². The van der Waals surface area contributed by atoms with Gasteiger partial charge in [0.2, 0.25) is 0 Å². The van der Waals surface area contributed by atoms with Crippen LogP contribution >= 0.6 is 11.6 Å². The van der Waals surface area contributed by atoms with Crippen molar-refractivity contribution in [2.24, 2.45) is 0 Å². The first-order chi connectivity index (χ1) is 9.22. The van der Waals surface area contributed by atoms with Gasteiger partial charge in [-0.1, -0.05) is 30.7 Å². The number of para-hydroxylation sites is 1. The summed E-state index contributed by atoms with van der Waals surface area (Å²) in [5.41, 5.74) is 2.25. The third kappa shape index (κ3) is 3.52. The minimum Gasteiger partial charge on any atom is -0.467 e. The Bertz CT molecular complexity index is 511. The number of nitrogens with zero attached hydrogens (tertiary/aromatic N) is 1. The molecule has 0 amide bonds. The Balaban J connectivity index is 2.21. The zero-order valence-electron chi connectivity index (χ0n) is 11.3. The lowest BCUT2D eigenvalue weighted by molar-refractivity contribution is 0.507. The Morgan fingerprint density at radius 1 is 1.26 bits per heavy atom. The molecular weight excluding hydrogens is 260 g/mol. The van der Waals surface area contributed by atoms with Gasteiger partial charge in [-0.05, 0) is 30.3 Å². The van der Waals surface area contributed by atoms with Crippen molar-refractivity contribution in [2.45, 2.75) is 20.0 Å². The average molecular weight is 279 g/mol. The summed E-state index contributed by atoms with van der Waals surface area (Å²) in [5, 5.41) is 4.11. The summed E-state index contributed by atoms with van der Waals surface area (Å²) in [6, 6.07) is 9.87. The van der Waals surface area contributed by atoms with E-state index in [1.165, 1.54) is 5.56 Å². The Morgan fingerprint density at radius 2 is 2.11 bits per heavy atom. The minimum absolute atomic E-state index is 0.704. The van der Waals surface area contributed by atoms with Crippen molar-refractivity contribution in [1.29, 1.82) is 0 Å². The molecule has 0 fully saturated rings. The number of benzene rings is 1. The van der Waals surface area contributed by atoms with Crippen molar-refractivity contribution in [2.75, 3.05) is 18.5 Å². The second kappa shape index (κ2) is 6.64. The van der Waals surface area contributed by atoms with Crippen LogP contribution in [0.3, 0.4) is 0 Å². The number of halogens is 1. The maximum Gasteiger partial charge on any atom is 0.123 e. The highest BCUT2D eigenvalue weighted by atomic mass is 35.5. The first kappa shape index (κ1) is 14.0. The predicted molar refractivity (Wildman–Crippen MR) is 79.6 cm³/mol. The van der Waals surface area contributed by atoms with Crippen LogP contribution < -0.4 is 10.2 Å². The largest absolute Gasteiger partial charge is 0.467 e. The molecule has 2 aromatic rings. The summed E-state index contributed by atoms with van der Waals surface area (Å²) in [6.45, 7) is 4.55. The van der Waals surface area contributed by atoms with E-state index < -0.39 is 0 Å². The third-order valence-electron chi connectivity index (χ3n) is 2.99. The highest BCUT2D eigenvalue weighted by molar-refractivity contribution is 6.33. The second-order valence-corrected chi connectivity index (χ2v) is 4.87. The van der Waals surface area contributed by atoms with Crippen LogP contribution in [0.5, 0.6) is 0 Å². The summed E-state index contributed by atoms with van der Waals surface area (Å²) in [5.74, 6) is 0.928. The normalized spacial score (nSPS) is 10.7. The van der Waals surface area contributed by atoms with Crippen molar-refractivity contribution in [3.05, 3.63) is 52.9 Å². The van der Waals surface area contributed by atoms with Crippen molar-refractivity contribution >= 4 is 17.3 Å². The smallest absolute Gasteiger partial charge is 0.123 e. The Morgan fingerprint density at radius 3 is 2.79 bits per heavy atom. The predicted octanol–water partition coefficient (Wildman–Crippen LogP) is 3.68. The van der Waals surface area contributed by atoms with Gasteiger partial charge in [-0.2, -0.15) is 0 Å². The highest BCUT2D eigenvalue weighted by Crippen LogP contribution is 2.30. The topological polar surface area (TPSA) is 28.4 Å². The summed E-state index contributed by atoms with van der Waals surface area (Å²) >= 11 is 6.34. The molecule has 2 rings (SSSR count). The fraction of sp³-hybridized carbons (Fsp3) is 0.333. The van der Waals surface area contributed by atoms with Gasteiger partial charge in [-0.25, -0.2) is 0 Å². The van der Waals surface area contributed by atoms with Crippen LogP contribution in [0.25, 0.3) is 0 Å². The molecule has 0 spiro atoms. The first-order valence-electron chi connectivity index (χ1n) is 6.44. The monoisotopic (exact) mass is 278 g/mol. The fourth-order valence-electron chi connectivity index (χ4n) is 2.11. The van der Waals surface area contributed by atoms with Gasteiger partial charge < -0.3 is 14.6 Å². The molecule has 0 atom stereocenters. The summed E-state index contributed by atoms with van der Waals surface area (Å²) < 4.78 is 5.39.